The lowest BCUT2D eigenvalue weighted by Gasteiger charge is -2.30. The van der Waals surface area contributed by atoms with Crippen LogP contribution in [-0.2, 0) is 12.8 Å². The van der Waals surface area contributed by atoms with Gasteiger partial charge in [0.15, 0.2) is 0 Å². The summed E-state index contributed by atoms with van der Waals surface area (Å²) in [5.41, 5.74) is 3.34. The van der Waals surface area contributed by atoms with Gasteiger partial charge in [-0.25, -0.2) is 4.79 Å². The molecule has 0 saturated heterocycles. The van der Waals surface area contributed by atoms with Crippen molar-refractivity contribution in [3.05, 3.63) is 29.3 Å². The first-order valence-corrected chi connectivity index (χ1v) is 8.82. The minimum absolute atomic E-state index is 0.118. The monoisotopic (exact) mass is 319 g/mol. The van der Waals surface area contributed by atoms with E-state index < -0.39 is 0 Å². The number of hydrogen-bond donors (Lipinski definition) is 2. The third-order valence-corrected chi connectivity index (χ3v) is 4.22. The van der Waals surface area contributed by atoms with Crippen LogP contribution in [0, 0.1) is 0 Å². The fraction of sp³-hybridized carbons (Fsp3) is 0.632. The molecule has 4 heteroatoms. The summed E-state index contributed by atoms with van der Waals surface area (Å²) >= 11 is 0. The average molecular weight is 319 g/mol. The zero-order valence-electron chi connectivity index (χ0n) is 15.6. The molecular weight excluding hydrogens is 286 g/mol. The molecule has 0 fully saturated rings. The number of urea groups is 1. The second kappa shape index (κ2) is 9.56. The van der Waals surface area contributed by atoms with Gasteiger partial charge in [-0.2, -0.15) is 0 Å². The van der Waals surface area contributed by atoms with Crippen molar-refractivity contribution in [2.45, 2.75) is 66.5 Å². The summed E-state index contributed by atoms with van der Waals surface area (Å²) in [6.45, 7) is 14.5. The van der Waals surface area contributed by atoms with E-state index in [-0.39, 0.29) is 6.03 Å². The van der Waals surface area contributed by atoms with E-state index in [1.165, 1.54) is 11.1 Å². The van der Waals surface area contributed by atoms with Gasteiger partial charge in [-0.1, -0.05) is 32.0 Å². The van der Waals surface area contributed by atoms with Crippen LogP contribution in [0.4, 0.5) is 10.5 Å². The van der Waals surface area contributed by atoms with E-state index in [2.05, 4.69) is 75.3 Å². The average Bonchev–Trinajstić information content (AvgIpc) is 2.50. The maximum absolute atomic E-state index is 12.2. The number of rotatable bonds is 8. The lowest BCUT2D eigenvalue weighted by Crippen LogP contribution is -2.43. The summed E-state index contributed by atoms with van der Waals surface area (Å²) in [6, 6.07) is 7.05. The third-order valence-electron chi connectivity index (χ3n) is 4.22. The molecule has 0 saturated carbocycles. The highest BCUT2D eigenvalue weighted by Crippen LogP contribution is 2.22. The summed E-state index contributed by atoms with van der Waals surface area (Å²) in [6.07, 6.45) is 1.83. The van der Waals surface area contributed by atoms with E-state index in [1.807, 2.05) is 0 Å². The van der Waals surface area contributed by atoms with Crippen LogP contribution in [0.2, 0.25) is 0 Å². The number of nitrogens with one attached hydrogen (secondary N) is 2. The molecule has 0 aliphatic rings. The molecule has 2 N–H and O–H groups in total. The van der Waals surface area contributed by atoms with Crippen LogP contribution in [0.3, 0.4) is 0 Å². The Kier molecular flexibility index (Phi) is 8.10. The van der Waals surface area contributed by atoms with Crippen molar-refractivity contribution in [3.63, 3.8) is 0 Å². The van der Waals surface area contributed by atoms with Crippen LogP contribution >= 0.6 is 0 Å². The molecular formula is C19H33N3O. The van der Waals surface area contributed by atoms with E-state index in [0.717, 1.165) is 25.1 Å². The van der Waals surface area contributed by atoms with Gasteiger partial charge in [0.2, 0.25) is 0 Å². The summed E-state index contributed by atoms with van der Waals surface area (Å²) in [7, 11) is 0. The highest BCUT2D eigenvalue weighted by molar-refractivity contribution is 5.91. The van der Waals surface area contributed by atoms with Crippen molar-refractivity contribution >= 4 is 11.7 Å². The van der Waals surface area contributed by atoms with Gasteiger partial charge in [-0.15, -0.1) is 0 Å². The Morgan fingerprint density at radius 2 is 1.57 bits per heavy atom. The number of carbonyl (C=O) groups excluding carboxylic acids is 1. The molecule has 0 heterocycles. The van der Waals surface area contributed by atoms with Gasteiger partial charge in [0.25, 0.3) is 0 Å². The molecule has 0 aromatic heterocycles. The maximum Gasteiger partial charge on any atom is 0.319 e. The van der Waals surface area contributed by atoms with Gasteiger partial charge >= 0.3 is 6.03 Å². The molecule has 1 aromatic rings. The first-order valence-electron chi connectivity index (χ1n) is 8.82. The zero-order chi connectivity index (χ0) is 17.4. The number of nitrogens with zero attached hydrogens (tertiary/aromatic N) is 1. The smallest absolute Gasteiger partial charge is 0.319 e. The second-order valence-electron chi connectivity index (χ2n) is 6.46. The lowest BCUT2D eigenvalue weighted by molar-refractivity contribution is 0.176. The van der Waals surface area contributed by atoms with Crippen molar-refractivity contribution in [3.8, 4) is 0 Å². The normalized spacial score (nSPS) is 11.3. The molecule has 1 rings (SSSR count). The molecule has 23 heavy (non-hydrogen) atoms. The first-order chi connectivity index (χ1) is 10.9. The number of carbonyl (C=O) groups is 1. The number of para-hydroxylation sites is 1. The van der Waals surface area contributed by atoms with Crippen LogP contribution < -0.4 is 10.6 Å². The molecule has 2 amide bonds. The van der Waals surface area contributed by atoms with E-state index in [1.54, 1.807) is 0 Å². The van der Waals surface area contributed by atoms with E-state index in [0.29, 0.717) is 18.6 Å². The molecule has 4 nitrogen and oxygen atoms in total. The summed E-state index contributed by atoms with van der Waals surface area (Å²) < 4.78 is 0. The molecule has 130 valence electrons. The molecule has 0 aliphatic heterocycles. The Morgan fingerprint density at radius 1 is 1.04 bits per heavy atom. The maximum atomic E-state index is 12.2. The quantitative estimate of drug-likeness (QED) is 0.759. The lowest BCUT2D eigenvalue weighted by atomic mass is 10.0. The Morgan fingerprint density at radius 3 is 2.00 bits per heavy atom. The Labute approximate surface area is 141 Å². The van der Waals surface area contributed by atoms with Gasteiger partial charge in [0.1, 0.15) is 0 Å². The second-order valence-corrected chi connectivity index (χ2v) is 6.46. The third kappa shape index (κ3) is 5.87. The van der Waals surface area contributed by atoms with Crippen molar-refractivity contribution < 1.29 is 4.79 Å². The van der Waals surface area contributed by atoms with Gasteiger partial charge < -0.3 is 10.6 Å². The molecule has 0 spiro atoms. The van der Waals surface area contributed by atoms with Gasteiger partial charge in [0.05, 0.1) is 0 Å². The minimum atomic E-state index is -0.118. The van der Waals surface area contributed by atoms with Crippen LogP contribution in [0.15, 0.2) is 18.2 Å². The van der Waals surface area contributed by atoms with E-state index in [9.17, 15) is 4.79 Å². The summed E-state index contributed by atoms with van der Waals surface area (Å²) in [5.74, 6) is 0. The Balaban J connectivity index is 2.61. The van der Waals surface area contributed by atoms with E-state index in [4.69, 9.17) is 0 Å². The van der Waals surface area contributed by atoms with Gasteiger partial charge in [0, 0.05) is 30.9 Å². The van der Waals surface area contributed by atoms with Crippen molar-refractivity contribution in [2.24, 2.45) is 0 Å². The van der Waals surface area contributed by atoms with Crippen molar-refractivity contribution in [1.82, 2.24) is 10.2 Å². The molecule has 1 aromatic carbocycles. The topological polar surface area (TPSA) is 44.4 Å². The molecule has 0 atom stereocenters. The molecule has 0 unspecified atom stereocenters. The largest absolute Gasteiger partial charge is 0.337 e. The van der Waals surface area contributed by atoms with Crippen LogP contribution in [0.5, 0.6) is 0 Å². The fourth-order valence-electron chi connectivity index (χ4n) is 2.97. The Bertz CT molecular complexity index is 467. The summed E-state index contributed by atoms with van der Waals surface area (Å²) in [5, 5.41) is 6.03. The highest BCUT2D eigenvalue weighted by atomic mass is 16.2. The number of aryl methyl sites for hydroxylation is 2. The highest BCUT2D eigenvalue weighted by Gasteiger charge is 2.14. The van der Waals surface area contributed by atoms with Gasteiger partial charge in [-0.3, -0.25) is 4.90 Å². The molecule has 0 radical (unpaired) electrons. The minimum Gasteiger partial charge on any atom is -0.337 e. The summed E-state index contributed by atoms with van der Waals surface area (Å²) in [4.78, 5) is 14.6. The number of amides is 2. The Hall–Kier alpha value is -1.55. The molecule has 0 aliphatic carbocycles. The predicted molar refractivity (Wildman–Crippen MR) is 99.2 cm³/mol. The van der Waals surface area contributed by atoms with Gasteiger partial charge in [-0.05, 0) is 51.7 Å². The molecule has 0 bridgehead atoms. The SMILES string of the molecule is CCc1cccc(CC)c1NC(=O)NCCN(C(C)C)C(C)C. The van der Waals surface area contributed by atoms with Crippen LogP contribution in [-0.4, -0.2) is 36.1 Å². The van der Waals surface area contributed by atoms with Crippen LogP contribution in [0.25, 0.3) is 0 Å². The fourth-order valence-corrected chi connectivity index (χ4v) is 2.97. The number of hydrogen-bond acceptors (Lipinski definition) is 2. The van der Waals surface area contributed by atoms with E-state index >= 15 is 0 Å². The number of anilines is 1. The van der Waals surface area contributed by atoms with Crippen LogP contribution in [0.1, 0.15) is 52.7 Å². The zero-order valence-corrected chi connectivity index (χ0v) is 15.6. The van der Waals surface area contributed by atoms with Crippen molar-refractivity contribution in [2.75, 3.05) is 18.4 Å². The first kappa shape index (κ1) is 19.5. The predicted octanol–water partition coefficient (Wildman–Crippen LogP) is 4.05. The number of benzene rings is 1. The van der Waals surface area contributed by atoms with Crippen molar-refractivity contribution in [1.29, 1.82) is 0 Å². The standard InChI is InChI=1S/C19H33N3O/c1-7-16-10-9-11-17(8-2)18(16)21-19(23)20-12-13-22(14(3)4)15(5)6/h9-11,14-15H,7-8,12-13H2,1-6H3,(H2,20,21,23).